The number of halogens is 1. The summed E-state index contributed by atoms with van der Waals surface area (Å²) in [5.74, 6) is 0. The van der Waals surface area contributed by atoms with Crippen molar-refractivity contribution in [3.8, 4) is 0 Å². The standard InChI is InChI=1S/2C2H5.CH2I.Al/c3*1-2;/h2*1H2,2H3;1H2;. The second-order valence-corrected chi connectivity index (χ2v) is 8.15. The molecule has 0 aromatic rings. The van der Waals surface area contributed by atoms with Crippen LogP contribution in [0, 0.1) is 0 Å². The first kappa shape index (κ1) is 8.26. The molecule has 0 radical (unpaired) electrons. The van der Waals surface area contributed by atoms with Crippen molar-refractivity contribution in [3.63, 3.8) is 0 Å². The van der Waals surface area contributed by atoms with Gasteiger partial charge in [-0.25, -0.2) is 0 Å². The second-order valence-electron chi connectivity index (χ2n) is 1.84. The van der Waals surface area contributed by atoms with E-state index in [4.69, 9.17) is 0 Å². The van der Waals surface area contributed by atoms with Crippen molar-refractivity contribution < 1.29 is 0 Å². The molecule has 0 saturated heterocycles. The van der Waals surface area contributed by atoms with E-state index in [0.717, 1.165) is 0 Å². The van der Waals surface area contributed by atoms with Crippen LogP contribution in [-0.4, -0.2) is 17.4 Å². The van der Waals surface area contributed by atoms with E-state index in [2.05, 4.69) is 36.4 Å². The van der Waals surface area contributed by atoms with Gasteiger partial charge >= 0.3 is 0 Å². The van der Waals surface area contributed by atoms with Crippen LogP contribution in [0.3, 0.4) is 0 Å². The SMILES string of the molecule is C[CH2][Al]([CH2]C)[CH2]I. The van der Waals surface area contributed by atoms with Crippen LogP contribution in [0.25, 0.3) is 0 Å². The Hall–Kier alpha value is 1.26. The van der Waals surface area contributed by atoms with Crippen molar-refractivity contribution in [1.29, 1.82) is 0 Å². The fourth-order valence-electron chi connectivity index (χ4n) is 0.507. The highest BCUT2D eigenvalue weighted by Crippen LogP contribution is 2.00. The lowest BCUT2D eigenvalue weighted by Gasteiger charge is -1.96. The third kappa shape index (κ3) is 3.81. The summed E-state index contributed by atoms with van der Waals surface area (Å²) < 4.78 is 1.46. The fourth-order valence-corrected chi connectivity index (χ4v) is 5.26. The fraction of sp³-hybridized carbons (Fsp3) is 1.00. The highest BCUT2D eigenvalue weighted by atomic mass is 127. The molecule has 7 heavy (non-hydrogen) atoms. The lowest BCUT2D eigenvalue weighted by Crippen LogP contribution is -2.09. The van der Waals surface area contributed by atoms with E-state index >= 15 is 0 Å². The average molecular weight is 226 g/mol. The number of rotatable bonds is 3. The summed E-state index contributed by atoms with van der Waals surface area (Å²) in [6, 6.07) is 0. The monoisotopic (exact) mass is 226 g/mol. The molecule has 42 valence electrons. The molecule has 0 spiro atoms. The molecule has 0 atom stereocenters. The van der Waals surface area contributed by atoms with Gasteiger partial charge in [-0.2, -0.15) is 0 Å². The van der Waals surface area contributed by atoms with E-state index in [1.54, 1.807) is 0 Å². The molecule has 0 rings (SSSR count). The Morgan fingerprint density at radius 3 is 1.71 bits per heavy atom. The molecule has 2 heteroatoms. The Morgan fingerprint density at radius 1 is 1.29 bits per heavy atom. The van der Waals surface area contributed by atoms with Crippen molar-refractivity contribution in [2.45, 2.75) is 24.4 Å². The van der Waals surface area contributed by atoms with E-state index < -0.39 is 0 Å². The molecule has 0 aromatic heterocycles. The van der Waals surface area contributed by atoms with Crippen LogP contribution >= 0.6 is 22.6 Å². The van der Waals surface area contributed by atoms with Gasteiger partial charge in [0.25, 0.3) is 14.1 Å². The van der Waals surface area contributed by atoms with Crippen LogP contribution in [0.4, 0.5) is 0 Å². The van der Waals surface area contributed by atoms with Crippen molar-refractivity contribution in [3.05, 3.63) is 0 Å². The highest BCUT2D eigenvalue weighted by Gasteiger charge is 2.07. The molecule has 0 unspecified atom stereocenters. The minimum absolute atomic E-state index is 0.185. The van der Waals surface area contributed by atoms with Crippen molar-refractivity contribution in [2.24, 2.45) is 0 Å². The maximum atomic E-state index is 2.51. The van der Waals surface area contributed by atoms with Gasteiger partial charge in [0.1, 0.15) is 0 Å². The van der Waals surface area contributed by atoms with Gasteiger partial charge in [-0.05, 0) is 3.29 Å². The maximum absolute atomic E-state index is 2.51. The minimum Gasteiger partial charge on any atom is -0.102 e. The molecule has 0 aliphatic heterocycles. The molecule has 0 aromatic carbocycles. The van der Waals surface area contributed by atoms with Gasteiger partial charge in [-0.15, -0.1) is 22.6 Å². The van der Waals surface area contributed by atoms with Gasteiger partial charge in [-0.1, -0.05) is 24.4 Å². The summed E-state index contributed by atoms with van der Waals surface area (Å²) in [4.78, 5) is 0. The van der Waals surface area contributed by atoms with Crippen LogP contribution in [0.2, 0.25) is 10.6 Å². The Morgan fingerprint density at radius 2 is 1.71 bits per heavy atom. The van der Waals surface area contributed by atoms with Gasteiger partial charge in [-0.3, -0.25) is 0 Å². The summed E-state index contributed by atoms with van der Waals surface area (Å²) in [6.07, 6.45) is 0. The lowest BCUT2D eigenvalue weighted by atomic mass is 10.9. The van der Waals surface area contributed by atoms with E-state index in [9.17, 15) is 0 Å². The second kappa shape index (κ2) is 5.40. The third-order valence-electron chi connectivity index (χ3n) is 1.37. The van der Waals surface area contributed by atoms with E-state index in [0.29, 0.717) is 0 Å². The quantitative estimate of drug-likeness (QED) is 0.394. The summed E-state index contributed by atoms with van der Waals surface area (Å²) in [5, 5.41) is 2.97. The summed E-state index contributed by atoms with van der Waals surface area (Å²) >= 11 is 2.33. The van der Waals surface area contributed by atoms with Gasteiger partial charge in [0.05, 0.1) is 0 Å². The molecule has 0 fully saturated rings. The number of hydrogen-bond donors (Lipinski definition) is 0. The minimum atomic E-state index is -0.185. The largest absolute Gasteiger partial charge is 0.274 e. The average Bonchev–Trinajstić information content (AvgIpc) is 1.72. The summed E-state index contributed by atoms with van der Waals surface area (Å²) in [5.41, 5.74) is 0. The molecular weight excluding hydrogens is 214 g/mol. The van der Waals surface area contributed by atoms with Crippen LogP contribution < -0.4 is 0 Å². The third-order valence-corrected chi connectivity index (χ3v) is 7.86. The van der Waals surface area contributed by atoms with Crippen LogP contribution in [0.1, 0.15) is 13.8 Å². The Bertz CT molecular complexity index is 29.6. The molecule has 0 heterocycles. The first-order valence-corrected chi connectivity index (χ1v) is 6.88. The molecule has 0 amide bonds. The zero-order valence-electron chi connectivity index (χ0n) is 5.08. The molecule has 0 bridgehead atoms. The first-order chi connectivity index (χ1) is 3.35. The van der Waals surface area contributed by atoms with Gasteiger partial charge in [0.2, 0.25) is 0 Å². The maximum Gasteiger partial charge on any atom is 0.274 e. The normalized spacial score (nSPS) is 9.00. The smallest absolute Gasteiger partial charge is 0.102 e. The van der Waals surface area contributed by atoms with Gasteiger partial charge < -0.3 is 0 Å². The van der Waals surface area contributed by atoms with Crippen molar-refractivity contribution in [2.75, 3.05) is 3.29 Å². The number of alkyl halides is 1. The Kier molecular flexibility index (Phi) is 6.37. The lowest BCUT2D eigenvalue weighted by molar-refractivity contribution is 1.31. The van der Waals surface area contributed by atoms with Crippen molar-refractivity contribution in [1.82, 2.24) is 0 Å². The molecule has 0 nitrogen and oxygen atoms in total. The zero-order valence-corrected chi connectivity index (χ0v) is 8.39. The highest BCUT2D eigenvalue weighted by molar-refractivity contribution is 14.1. The van der Waals surface area contributed by atoms with Crippen LogP contribution in [-0.2, 0) is 0 Å². The van der Waals surface area contributed by atoms with E-state index in [1.807, 2.05) is 0 Å². The van der Waals surface area contributed by atoms with Crippen molar-refractivity contribution >= 4 is 36.7 Å². The molecular formula is C5H12AlI. The predicted molar refractivity (Wildman–Crippen MR) is 45.6 cm³/mol. The topological polar surface area (TPSA) is 0 Å². The zero-order chi connectivity index (χ0) is 5.70. The van der Waals surface area contributed by atoms with Crippen LogP contribution in [0.5, 0.6) is 0 Å². The molecule has 0 aliphatic carbocycles. The Labute approximate surface area is 64.2 Å². The molecule has 0 N–H and O–H groups in total. The van der Waals surface area contributed by atoms with E-state index in [1.165, 1.54) is 13.9 Å². The van der Waals surface area contributed by atoms with Gasteiger partial charge in [0, 0.05) is 0 Å². The molecule has 0 saturated carbocycles. The number of hydrogen-bond acceptors (Lipinski definition) is 0. The predicted octanol–water partition coefficient (Wildman–Crippen LogP) is 2.50. The van der Waals surface area contributed by atoms with Crippen LogP contribution in [0.15, 0.2) is 0 Å². The first-order valence-electron chi connectivity index (χ1n) is 2.91. The van der Waals surface area contributed by atoms with E-state index in [-0.39, 0.29) is 14.1 Å². The van der Waals surface area contributed by atoms with Gasteiger partial charge in [0.15, 0.2) is 0 Å². The molecule has 0 aliphatic rings. The summed E-state index contributed by atoms with van der Waals surface area (Å²) in [6.45, 7) is 4.64. The summed E-state index contributed by atoms with van der Waals surface area (Å²) in [7, 11) is 0. The Balaban J connectivity index is 2.99.